The highest BCUT2D eigenvalue weighted by Gasteiger charge is 2.54. The molecule has 3 rings (SSSR count). The van der Waals surface area contributed by atoms with E-state index in [1.165, 1.54) is 29.3 Å². The third-order valence-corrected chi connectivity index (χ3v) is 7.05. The van der Waals surface area contributed by atoms with E-state index in [-0.39, 0.29) is 10.9 Å². The van der Waals surface area contributed by atoms with Crippen molar-refractivity contribution in [1.29, 1.82) is 0 Å². The van der Waals surface area contributed by atoms with Crippen LogP contribution in [-0.2, 0) is 9.59 Å². The van der Waals surface area contributed by atoms with Gasteiger partial charge in [0.25, 0.3) is 0 Å². The molecule has 0 aromatic heterocycles. The van der Waals surface area contributed by atoms with Crippen LogP contribution in [0.4, 0.5) is 0 Å². The average molecular weight is 316 g/mol. The molecule has 0 N–H and O–H groups in total. The number of aryl methyl sites for hydroxylation is 2. The molecule has 0 amide bonds. The van der Waals surface area contributed by atoms with Crippen LogP contribution in [0.2, 0.25) is 0 Å². The minimum absolute atomic E-state index is 0.0707. The van der Waals surface area contributed by atoms with Crippen LogP contribution in [0.3, 0.4) is 0 Å². The fraction of sp³-hybridized carbons (Fsp3) is 0.579. The van der Waals surface area contributed by atoms with E-state index in [1.54, 1.807) is 0 Å². The Kier molecular flexibility index (Phi) is 3.96. The molecule has 118 valence electrons. The minimum Gasteiger partial charge on any atom is -0.297 e. The first kappa shape index (κ1) is 15.8. The molecule has 2 nitrogen and oxygen atoms in total. The summed E-state index contributed by atoms with van der Waals surface area (Å²) in [5, 5.41) is 0.0707. The first-order valence-electron chi connectivity index (χ1n) is 8.22. The molecule has 1 aromatic rings. The molecule has 1 aliphatic heterocycles. The lowest BCUT2D eigenvalue weighted by molar-refractivity contribution is -0.125. The van der Waals surface area contributed by atoms with Crippen LogP contribution in [0.25, 0.3) is 0 Å². The number of carbonyl (C=O) groups excluding carboxylic acids is 2. The summed E-state index contributed by atoms with van der Waals surface area (Å²) in [4.78, 5) is 25.9. The third-order valence-electron chi connectivity index (χ3n) is 5.61. The molecule has 1 atom stereocenters. The Labute approximate surface area is 137 Å². The zero-order valence-corrected chi connectivity index (χ0v) is 14.7. The lowest BCUT2D eigenvalue weighted by atomic mass is 9.77. The fourth-order valence-corrected chi connectivity index (χ4v) is 5.58. The number of rotatable bonds is 1. The standard InChI is InChI=1S/C19H24O2S/c1-11-10-12(2)15(14(4)13(11)3)16-17(20)19(22-18(16)21)8-6-5-7-9-19/h10,16H,5-9H2,1-4H3. The maximum absolute atomic E-state index is 13.2. The van der Waals surface area contributed by atoms with Crippen LogP contribution >= 0.6 is 11.8 Å². The van der Waals surface area contributed by atoms with E-state index in [2.05, 4.69) is 26.8 Å². The van der Waals surface area contributed by atoms with Gasteiger partial charge in [0.1, 0.15) is 5.92 Å². The van der Waals surface area contributed by atoms with E-state index in [0.717, 1.165) is 42.4 Å². The van der Waals surface area contributed by atoms with Gasteiger partial charge in [0, 0.05) is 0 Å². The van der Waals surface area contributed by atoms with Crippen molar-refractivity contribution in [3.05, 3.63) is 33.9 Å². The van der Waals surface area contributed by atoms with Gasteiger partial charge in [0.15, 0.2) is 5.78 Å². The smallest absolute Gasteiger partial charge is 0.204 e. The Hall–Kier alpha value is -1.09. The lowest BCUT2D eigenvalue weighted by Gasteiger charge is -2.30. The lowest BCUT2D eigenvalue weighted by Crippen LogP contribution is -2.35. The van der Waals surface area contributed by atoms with Gasteiger partial charge in [-0.15, -0.1) is 0 Å². The second kappa shape index (κ2) is 5.52. The second-order valence-electron chi connectivity index (χ2n) is 6.95. The molecule has 1 saturated carbocycles. The third kappa shape index (κ3) is 2.25. The van der Waals surface area contributed by atoms with Gasteiger partial charge in [-0.3, -0.25) is 9.59 Å². The SMILES string of the molecule is Cc1cc(C)c(C2C(=O)SC3(CCCCC3)C2=O)c(C)c1C. The highest BCUT2D eigenvalue weighted by Crippen LogP contribution is 2.52. The number of benzene rings is 1. The fourth-order valence-electron chi connectivity index (χ4n) is 4.14. The Morgan fingerprint density at radius 3 is 2.23 bits per heavy atom. The highest BCUT2D eigenvalue weighted by atomic mass is 32.2. The first-order valence-corrected chi connectivity index (χ1v) is 9.03. The predicted molar refractivity (Wildman–Crippen MR) is 91.6 cm³/mol. The van der Waals surface area contributed by atoms with Crippen LogP contribution in [0.15, 0.2) is 6.07 Å². The molecule has 0 radical (unpaired) electrons. The minimum atomic E-state index is -0.539. The molecule has 1 saturated heterocycles. The number of thioether (sulfide) groups is 1. The van der Waals surface area contributed by atoms with Gasteiger partial charge in [-0.25, -0.2) is 0 Å². The highest BCUT2D eigenvalue weighted by molar-refractivity contribution is 8.16. The van der Waals surface area contributed by atoms with Gasteiger partial charge in [0.2, 0.25) is 5.12 Å². The van der Waals surface area contributed by atoms with Gasteiger partial charge in [-0.2, -0.15) is 0 Å². The summed E-state index contributed by atoms with van der Waals surface area (Å²) in [5.41, 5.74) is 5.62. The molecule has 2 aliphatic rings. The van der Waals surface area contributed by atoms with Crippen molar-refractivity contribution < 1.29 is 9.59 Å². The van der Waals surface area contributed by atoms with E-state index in [1.807, 2.05) is 6.92 Å². The largest absolute Gasteiger partial charge is 0.297 e. The number of hydrogen-bond donors (Lipinski definition) is 0. The van der Waals surface area contributed by atoms with Crippen LogP contribution < -0.4 is 0 Å². The molecule has 3 heteroatoms. The molecule has 2 fully saturated rings. The van der Waals surface area contributed by atoms with Crippen molar-refractivity contribution in [1.82, 2.24) is 0 Å². The van der Waals surface area contributed by atoms with E-state index in [0.29, 0.717) is 0 Å². The Morgan fingerprint density at radius 2 is 1.59 bits per heavy atom. The quantitative estimate of drug-likeness (QED) is 0.713. The Morgan fingerprint density at radius 1 is 0.955 bits per heavy atom. The molecular formula is C19H24O2S. The van der Waals surface area contributed by atoms with Crippen molar-refractivity contribution in [2.24, 2.45) is 0 Å². The van der Waals surface area contributed by atoms with Crippen molar-refractivity contribution in [3.8, 4) is 0 Å². The molecular weight excluding hydrogens is 292 g/mol. The summed E-state index contributed by atoms with van der Waals surface area (Å²) in [6.45, 7) is 8.27. The molecule has 1 spiro atoms. The van der Waals surface area contributed by atoms with Gasteiger partial charge in [-0.05, 0) is 68.4 Å². The van der Waals surface area contributed by atoms with E-state index in [4.69, 9.17) is 0 Å². The van der Waals surface area contributed by atoms with Gasteiger partial charge in [-0.1, -0.05) is 37.1 Å². The molecule has 1 unspecified atom stereocenters. The van der Waals surface area contributed by atoms with Gasteiger partial charge in [0.05, 0.1) is 4.75 Å². The number of Topliss-reactive ketones (excluding diaryl/α,β-unsaturated/α-hetero) is 1. The summed E-state index contributed by atoms with van der Waals surface area (Å²) >= 11 is 1.34. The van der Waals surface area contributed by atoms with Crippen molar-refractivity contribution in [2.75, 3.05) is 0 Å². The topological polar surface area (TPSA) is 34.1 Å². The molecule has 1 aliphatic carbocycles. The first-order chi connectivity index (χ1) is 10.4. The Balaban J connectivity index is 2.08. The maximum Gasteiger partial charge on any atom is 0.204 e. The van der Waals surface area contributed by atoms with Crippen LogP contribution in [0.1, 0.15) is 65.8 Å². The van der Waals surface area contributed by atoms with Crippen LogP contribution in [0.5, 0.6) is 0 Å². The van der Waals surface area contributed by atoms with Crippen LogP contribution in [0, 0.1) is 27.7 Å². The molecule has 1 aromatic carbocycles. The number of hydrogen-bond acceptors (Lipinski definition) is 3. The monoisotopic (exact) mass is 316 g/mol. The van der Waals surface area contributed by atoms with Gasteiger partial charge >= 0.3 is 0 Å². The second-order valence-corrected chi connectivity index (χ2v) is 8.34. The molecule has 22 heavy (non-hydrogen) atoms. The zero-order valence-electron chi connectivity index (χ0n) is 13.9. The van der Waals surface area contributed by atoms with Crippen molar-refractivity contribution in [3.63, 3.8) is 0 Å². The normalized spacial score (nSPS) is 24.3. The average Bonchev–Trinajstić information content (AvgIpc) is 2.70. The summed E-state index contributed by atoms with van der Waals surface area (Å²) in [6.07, 6.45) is 5.09. The molecule has 0 bridgehead atoms. The van der Waals surface area contributed by atoms with Crippen molar-refractivity contribution >= 4 is 22.7 Å². The van der Waals surface area contributed by atoms with Crippen molar-refractivity contribution in [2.45, 2.75) is 70.5 Å². The van der Waals surface area contributed by atoms with E-state index < -0.39 is 10.7 Å². The summed E-state index contributed by atoms with van der Waals surface area (Å²) in [7, 11) is 0. The number of ketones is 1. The van der Waals surface area contributed by atoms with Crippen LogP contribution in [-0.4, -0.2) is 15.6 Å². The van der Waals surface area contributed by atoms with E-state index in [9.17, 15) is 9.59 Å². The zero-order chi connectivity index (χ0) is 16.1. The molecule has 1 heterocycles. The Bertz CT molecular complexity index is 654. The summed E-state index contributed by atoms with van der Waals surface area (Å²) in [5.74, 6) is -0.362. The maximum atomic E-state index is 13.2. The van der Waals surface area contributed by atoms with Gasteiger partial charge < -0.3 is 0 Å². The predicted octanol–water partition coefficient (Wildman–Crippen LogP) is 4.55. The summed E-state index contributed by atoms with van der Waals surface area (Å²) in [6, 6.07) is 2.12. The summed E-state index contributed by atoms with van der Waals surface area (Å²) < 4.78 is -0.419. The van der Waals surface area contributed by atoms with E-state index >= 15 is 0 Å². The number of carbonyl (C=O) groups is 2.